The second-order valence-electron chi connectivity index (χ2n) is 6.79. The van der Waals surface area contributed by atoms with Crippen LogP contribution in [0.15, 0.2) is 42.5 Å². The summed E-state index contributed by atoms with van der Waals surface area (Å²) in [7, 11) is 0. The Morgan fingerprint density at radius 2 is 1.69 bits per heavy atom. The summed E-state index contributed by atoms with van der Waals surface area (Å²) < 4.78 is 13.2. The van der Waals surface area contributed by atoms with E-state index in [2.05, 4.69) is 5.32 Å². The van der Waals surface area contributed by atoms with E-state index in [1.165, 1.54) is 12.1 Å². The van der Waals surface area contributed by atoms with Crippen LogP contribution in [0.2, 0.25) is 10.0 Å². The second kappa shape index (κ2) is 11.2. The first-order chi connectivity index (χ1) is 13.8. The first-order valence-corrected chi connectivity index (χ1v) is 10.4. The number of halogens is 3. The van der Waals surface area contributed by atoms with Crippen molar-refractivity contribution in [1.29, 1.82) is 0 Å². The van der Waals surface area contributed by atoms with Crippen molar-refractivity contribution in [1.82, 2.24) is 10.2 Å². The minimum atomic E-state index is -0.621. The predicted molar refractivity (Wildman–Crippen MR) is 114 cm³/mol. The van der Waals surface area contributed by atoms with Gasteiger partial charge in [0.2, 0.25) is 11.8 Å². The topological polar surface area (TPSA) is 49.4 Å². The van der Waals surface area contributed by atoms with Gasteiger partial charge in [-0.15, -0.1) is 0 Å². The van der Waals surface area contributed by atoms with Gasteiger partial charge in [0, 0.05) is 13.1 Å². The Morgan fingerprint density at radius 1 is 1.03 bits per heavy atom. The SMILES string of the molecule is CCCNC(=O)C(CC)N(Cc1ccc(Cl)c(Cl)c1)C(=O)Cc1ccc(F)cc1. The summed E-state index contributed by atoms with van der Waals surface area (Å²) in [5.41, 5.74) is 1.45. The lowest BCUT2D eigenvalue weighted by molar-refractivity contribution is -0.140. The molecule has 0 spiro atoms. The van der Waals surface area contributed by atoms with E-state index in [-0.39, 0.29) is 30.6 Å². The molecule has 29 heavy (non-hydrogen) atoms. The average molecular weight is 439 g/mol. The maximum atomic E-state index is 13.2. The number of carbonyl (C=O) groups excluding carboxylic acids is 2. The zero-order valence-electron chi connectivity index (χ0n) is 16.6. The molecule has 4 nitrogen and oxygen atoms in total. The number of hydrogen-bond acceptors (Lipinski definition) is 2. The van der Waals surface area contributed by atoms with Crippen molar-refractivity contribution in [3.63, 3.8) is 0 Å². The lowest BCUT2D eigenvalue weighted by Crippen LogP contribution is -2.49. The highest BCUT2D eigenvalue weighted by Crippen LogP contribution is 2.24. The summed E-state index contributed by atoms with van der Waals surface area (Å²) in [6.45, 7) is 4.59. The molecule has 1 atom stereocenters. The van der Waals surface area contributed by atoms with Gasteiger partial charge < -0.3 is 10.2 Å². The normalized spacial score (nSPS) is 11.8. The maximum absolute atomic E-state index is 13.2. The zero-order valence-corrected chi connectivity index (χ0v) is 18.1. The van der Waals surface area contributed by atoms with Crippen molar-refractivity contribution >= 4 is 35.0 Å². The zero-order chi connectivity index (χ0) is 21.4. The van der Waals surface area contributed by atoms with Crippen LogP contribution >= 0.6 is 23.2 Å². The quantitative estimate of drug-likeness (QED) is 0.597. The number of carbonyl (C=O) groups is 2. The molecule has 0 aliphatic carbocycles. The van der Waals surface area contributed by atoms with Crippen LogP contribution < -0.4 is 5.32 Å². The molecule has 2 aromatic rings. The summed E-state index contributed by atoms with van der Waals surface area (Å²) >= 11 is 12.1. The van der Waals surface area contributed by atoms with Crippen LogP contribution in [-0.2, 0) is 22.6 Å². The fraction of sp³-hybridized carbons (Fsp3) is 0.364. The molecule has 1 unspecified atom stereocenters. The first kappa shape index (κ1) is 23.2. The van der Waals surface area contributed by atoms with E-state index >= 15 is 0 Å². The van der Waals surface area contributed by atoms with Crippen molar-refractivity contribution in [2.45, 2.75) is 45.7 Å². The molecule has 156 valence electrons. The highest BCUT2D eigenvalue weighted by atomic mass is 35.5. The van der Waals surface area contributed by atoms with Crippen LogP contribution in [-0.4, -0.2) is 29.3 Å². The molecule has 2 aromatic carbocycles. The lowest BCUT2D eigenvalue weighted by atomic mass is 10.1. The molecule has 0 fully saturated rings. The molecule has 0 saturated carbocycles. The lowest BCUT2D eigenvalue weighted by Gasteiger charge is -2.31. The van der Waals surface area contributed by atoms with Crippen LogP contribution in [0.3, 0.4) is 0 Å². The van der Waals surface area contributed by atoms with Crippen molar-refractivity contribution in [2.24, 2.45) is 0 Å². The van der Waals surface area contributed by atoms with E-state index in [1.54, 1.807) is 35.2 Å². The van der Waals surface area contributed by atoms with E-state index in [1.807, 2.05) is 13.8 Å². The molecule has 0 bridgehead atoms. The molecule has 0 heterocycles. The number of hydrogen-bond donors (Lipinski definition) is 1. The Labute approximate surface area is 181 Å². The number of nitrogens with zero attached hydrogens (tertiary/aromatic N) is 1. The van der Waals surface area contributed by atoms with E-state index < -0.39 is 6.04 Å². The summed E-state index contributed by atoms with van der Waals surface area (Å²) in [6.07, 6.45) is 1.34. The van der Waals surface area contributed by atoms with Gasteiger partial charge >= 0.3 is 0 Å². The average Bonchev–Trinajstić information content (AvgIpc) is 2.70. The Hall–Kier alpha value is -2.11. The predicted octanol–water partition coefficient (Wildman–Crippen LogP) is 5.01. The molecule has 0 aromatic heterocycles. The van der Waals surface area contributed by atoms with Crippen molar-refractivity contribution in [2.75, 3.05) is 6.54 Å². The number of rotatable bonds is 9. The van der Waals surface area contributed by atoms with Crippen molar-refractivity contribution in [3.05, 3.63) is 69.5 Å². The van der Waals surface area contributed by atoms with Crippen molar-refractivity contribution < 1.29 is 14.0 Å². The summed E-state index contributed by atoms with van der Waals surface area (Å²) in [5, 5.41) is 3.68. The molecule has 0 radical (unpaired) electrons. The number of amides is 2. The van der Waals surface area contributed by atoms with E-state index in [9.17, 15) is 14.0 Å². The van der Waals surface area contributed by atoms with Gasteiger partial charge in [0.25, 0.3) is 0 Å². The largest absolute Gasteiger partial charge is 0.354 e. The Morgan fingerprint density at radius 3 is 2.28 bits per heavy atom. The highest BCUT2D eigenvalue weighted by molar-refractivity contribution is 6.42. The second-order valence-corrected chi connectivity index (χ2v) is 7.60. The highest BCUT2D eigenvalue weighted by Gasteiger charge is 2.28. The Bertz CT molecular complexity index is 843. The fourth-order valence-electron chi connectivity index (χ4n) is 3.00. The molecule has 2 rings (SSSR count). The standard InChI is InChI=1S/C22H25Cl2FN2O2/c1-3-11-26-22(29)20(4-2)27(14-16-7-10-18(23)19(24)12-16)21(28)13-15-5-8-17(25)9-6-15/h5-10,12,20H,3-4,11,13-14H2,1-2H3,(H,26,29). The molecular weight excluding hydrogens is 414 g/mol. The first-order valence-electron chi connectivity index (χ1n) is 9.61. The third-order valence-corrected chi connectivity index (χ3v) is 5.28. The van der Waals surface area contributed by atoms with E-state index in [0.717, 1.165) is 12.0 Å². The van der Waals surface area contributed by atoms with Crippen molar-refractivity contribution in [3.8, 4) is 0 Å². The fourth-order valence-corrected chi connectivity index (χ4v) is 3.32. The molecule has 1 N–H and O–H groups in total. The summed E-state index contributed by atoms with van der Waals surface area (Å²) in [4.78, 5) is 27.4. The van der Waals surface area contributed by atoms with Crippen LogP contribution in [0.5, 0.6) is 0 Å². The molecular formula is C22H25Cl2FN2O2. The van der Waals surface area contributed by atoms with Crippen LogP contribution in [0.25, 0.3) is 0 Å². The summed E-state index contributed by atoms with van der Waals surface area (Å²) in [6, 6.07) is 10.3. The third kappa shape index (κ3) is 6.72. The van der Waals surface area contributed by atoms with Gasteiger partial charge in [-0.05, 0) is 48.2 Å². The smallest absolute Gasteiger partial charge is 0.242 e. The molecule has 0 aliphatic rings. The Kier molecular flexibility index (Phi) is 8.93. The van der Waals surface area contributed by atoms with Gasteiger partial charge in [-0.3, -0.25) is 9.59 Å². The van der Waals surface area contributed by atoms with Gasteiger partial charge in [-0.2, -0.15) is 0 Å². The molecule has 0 saturated heterocycles. The molecule has 2 amide bonds. The van der Waals surface area contributed by atoms with Gasteiger partial charge in [-0.1, -0.05) is 55.2 Å². The minimum absolute atomic E-state index is 0.0686. The molecule has 7 heteroatoms. The monoisotopic (exact) mass is 438 g/mol. The minimum Gasteiger partial charge on any atom is -0.354 e. The van der Waals surface area contributed by atoms with Crippen LogP contribution in [0.4, 0.5) is 4.39 Å². The van der Waals surface area contributed by atoms with Crippen LogP contribution in [0, 0.1) is 5.82 Å². The maximum Gasteiger partial charge on any atom is 0.242 e. The van der Waals surface area contributed by atoms with E-state index in [0.29, 0.717) is 28.6 Å². The summed E-state index contributed by atoms with van der Waals surface area (Å²) in [5.74, 6) is -0.776. The Balaban J connectivity index is 2.28. The number of nitrogens with one attached hydrogen (secondary N) is 1. The van der Waals surface area contributed by atoms with E-state index in [4.69, 9.17) is 23.2 Å². The van der Waals surface area contributed by atoms with Gasteiger partial charge in [0.15, 0.2) is 0 Å². The third-order valence-electron chi connectivity index (χ3n) is 4.54. The van der Waals surface area contributed by atoms with Gasteiger partial charge in [-0.25, -0.2) is 4.39 Å². The van der Waals surface area contributed by atoms with Gasteiger partial charge in [0.05, 0.1) is 16.5 Å². The van der Waals surface area contributed by atoms with Gasteiger partial charge in [0.1, 0.15) is 11.9 Å². The van der Waals surface area contributed by atoms with Crippen LogP contribution in [0.1, 0.15) is 37.8 Å². The molecule has 0 aliphatic heterocycles. The number of benzene rings is 2.